The summed E-state index contributed by atoms with van der Waals surface area (Å²) in [6, 6.07) is 0. The van der Waals surface area contributed by atoms with Gasteiger partial charge in [-0.05, 0) is 79.1 Å². The lowest BCUT2D eigenvalue weighted by atomic mass is 9.47. The van der Waals surface area contributed by atoms with E-state index in [1.165, 1.54) is 57.9 Å². The normalized spacial score (nSPS) is 58.3. The Morgan fingerprint density at radius 3 is 2.72 bits per heavy atom. The van der Waals surface area contributed by atoms with Crippen molar-refractivity contribution in [1.82, 2.24) is 0 Å². The average Bonchev–Trinajstić information content (AvgIpc) is 3.15. The number of nitrogens with two attached hydrogens (primary N) is 1. The van der Waals surface area contributed by atoms with Gasteiger partial charge in [0, 0.05) is 24.2 Å². The van der Waals surface area contributed by atoms with E-state index in [9.17, 15) is 0 Å². The molecule has 10 atom stereocenters. The smallest absolute Gasteiger partial charge is 0.203 e. The SMILES string of the molecule is C[C@H]1CC[C@]2([NH2+]C1)O[C@H]1C[C@H]3[C@@H]4CC=C5C=CCC[C@]5(C)[C@H]4CC[C@]3(C)[C@H]1[C@H]2C. The summed E-state index contributed by atoms with van der Waals surface area (Å²) in [4.78, 5) is 0. The Labute approximate surface area is 177 Å². The van der Waals surface area contributed by atoms with Crippen molar-refractivity contribution >= 4 is 0 Å². The predicted octanol–water partition coefficient (Wildman–Crippen LogP) is 5.07. The predicted molar refractivity (Wildman–Crippen MR) is 117 cm³/mol. The zero-order valence-electron chi connectivity index (χ0n) is 19.1. The zero-order chi connectivity index (χ0) is 20.0. The lowest BCUT2D eigenvalue weighted by molar-refractivity contribution is -0.786. The highest BCUT2D eigenvalue weighted by Crippen LogP contribution is 2.69. The van der Waals surface area contributed by atoms with Gasteiger partial charge in [0.05, 0.1) is 12.6 Å². The first-order chi connectivity index (χ1) is 13.9. The van der Waals surface area contributed by atoms with Crippen molar-refractivity contribution in [2.75, 3.05) is 6.54 Å². The van der Waals surface area contributed by atoms with Crippen LogP contribution in [-0.4, -0.2) is 18.4 Å². The molecule has 29 heavy (non-hydrogen) atoms. The van der Waals surface area contributed by atoms with Gasteiger partial charge in [-0.3, -0.25) is 0 Å². The van der Waals surface area contributed by atoms with Gasteiger partial charge in [0.15, 0.2) is 0 Å². The van der Waals surface area contributed by atoms with Gasteiger partial charge >= 0.3 is 0 Å². The molecule has 2 heterocycles. The summed E-state index contributed by atoms with van der Waals surface area (Å²) in [7, 11) is 0. The highest BCUT2D eigenvalue weighted by Gasteiger charge is 2.69. The summed E-state index contributed by atoms with van der Waals surface area (Å²) >= 11 is 0. The van der Waals surface area contributed by atoms with E-state index in [0.29, 0.717) is 22.9 Å². The minimum Gasteiger partial charge on any atom is -0.323 e. The third-order valence-corrected chi connectivity index (χ3v) is 11.3. The Balaban J connectivity index is 1.30. The Morgan fingerprint density at radius 1 is 1.07 bits per heavy atom. The molecule has 2 saturated heterocycles. The van der Waals surface area contributed by atoms with Crippen molar-refractivity contribution in [3.8, 4) is 0 Å². The van der Waals surface area contributed by atoms with Crippen molar-refractivity contribution < 1.29 is 10.1 Å². The van der Waals surface area contributed by atoms with Crippen LogP contribution in [-0.2, 0) is 4.74 Å². The second-order valence-electron chi connectivity index (χ2n) is 12.4. The monoisotopic (exact) mass is 396 g/mol. The Morgan fingerprint density at radius 2 is 1.93 bits per heavy atom. The van der Waals surface area contributed by atoms with Crippen molar-refractivity contribution in [2.24, 2.45) is 46.3 Å². The van der Waals surface area contributed by atoms with Gasteiger partial charge in [0.25, 0.3) is 0 Å². The largest absolute Gasteiger partial charge is 0.323 e. The molecule has 4 aliphatic carbocycles. The molecule has 2 saturated carbocycles. The summed E-state index contributed by atoms with van der Waals surface area (Å²) in [6.45, 7) is 11.5. The number of allylic oxidation sites excluding steroid dienone is 4. The number of hydrogen-bond acceptors (Lipinski definition) is 1. The molecular weight excluding hydrogens is 354 g/mol. The van der Waals surface area contributed by atoms with E-state index in [-0.39, 0.29) is 5.72 Å². The van der Waals surface area contributed by atoms with E-state index in [0.717, 1.165) is 29.6 Å². The molecule has 6 rings (SSSR count). The van der Waals surface area contributed by atoms with E-state index in [4.69, 9.17) is 4.74 Å². The van der Waals surface area contributed by atoms with Crippen LogP contribution >= 0.6 is 0 Å². The van der Waals surface area contributed by atoms with E-state index in [2.05, 4.69) is 51.2 Å². The molecule has 0 aromatic heterocycles. The molecule has 0 unspecified atom stereocenters. The molecule has 0 aromatic rings. The maximum Gasteiger partial charge on any atom is 0.203 e. The maximum atomic E-state index is 7.06. The van der Waals surface area contributed by atoms with Crippen LogP contribution in [0, 0.1) is 46.3 Å². The van der Waals surface area contributed by atoms with Gasteiger partial charge in [-0.15, -0.1) is 0 Å². The summed E-state index contributed by atoms with van der Waals surface area (Å²) in [5.41, 5.74) is 2.71. The third-order valence-electron chi connectivity index (χ3n) is 11.3. The lowest BCUT2D eigenvalue weighted by Crippen LogP contribution is -3.00. The standard InChI is InChI=1S/C27H41NO/c1-17-10-14-27(28-16-17)18(2)24-23(29-27)15-22-20-9-8-19-7-5-6-12-25(19,3)21(20)11-13-26(22,24)4/h5,7-8,17-18,20-24,28H,6,9-16H2,1-4H3/p+1/t17-,18+,20+,21-,22-,23-,24-,25-,26-,27-/m0/s1. The van der Waals surface area contributed by atoms with Gasteiger partial charge in [-0.25, -0.2) is 0 Å². The van der Waals surface area contributed by atoms with Crippen LogP contribution in [0.4, 0.5) is 0 Å². The van der Waals surface area contributed by atoms with Crippen LogP contribution in [0.15, 0.2) is 23.8 Å². The Bertz CT molecular complexity index is 746. The first kappa shape index (κ1) is 19.1. The molecule has 4 fully saturated rings. The van der Waals surface area contributed by atoms with Crippen LogP contribution < -0.4 is 5.32 Å². The molecular formula is C27H42NO+. The van der Waals surface area contributed by atoms with Crippen molar-refractivity contribution in [3.05, 3.63) is 23.8 Å². The fourth-order valence-electron chi connectivity index (χ4n) is 9.65. The zero-order valence-corrected chi connectivity index (χ0v) is 19.1. The van der Waals surface area contributed by atoms with E-state index in [1.54, 1.807) is 5.57 Å². The molecule has 1 spiro atoms. The van der Waals surface area contributed by atoms with Gasteiger partial charge in [0.2, 0.25) is 5.72 Å². The average molecular weight is 397 g/mol. The second kappa shape index (κ2) is 6.22. The van der Waals surface area contributed by atoms with Gasteiger partial charge in [0.1, 0.15) is 0 Å². The fraction of sp³-hybridized carbons (Fsp3) is 0.852. The fourth-order valence-corrected chi connectivity index (χ4v) is 9.65. The number of ether oxygens (including phenoxy) is 1. The first-order valence-electron chi connectivity index (χ1n) is 12.8. The molecule has 2 N–H and O–H groups in total. The third kappa shape index (κ3) is 2.42. The molecule has 2 heteroatoms. The van der Waals surface area contributed by atoms with Crippen molar-refractivity contribution in [3.63, 3.8) is 0 Å². The number of piperidine rings is 1. The number of hydrogen-bond donors (Lipinski definition) is 1. The topological polar surface area (TPSA) is 25.8 Å². The van der Waals surface area contributed by atoms with E-state index >= 15 is 0 Å². The quantitative estimate of drug-likeness (QED) is 0.608. The summed E-state index contributed by atoms with van der Waals surface area (Å²) in [6.07, 6.45) is 18.9. The Hall–Kier alpha value is -0.600. The van der Waals surface area contributed by atoms with Crippen LogP contribution in [0.5, 0.6) is 0 Å². The summed E-state index contributed by atoms with van der Waals surface area (Å²) < 4.78 is 7.06. The molecule has 0 radical (unpaired) electrons. The summed E-state index contributed by atoms with van der Waals surface area (Å²) in [5.74, 6) is 5.00. The van der Waals surface area contributed by atoms with Gasteiger partial charge in [-0.2, -0.15) is 0 Å². The number of rotatable bonds is 0. The van der Waals surface area contributed by atoms with Crippen LogP contribution in [0.3, 0.4) is 0 Å². The molecule has 6 aliphatic rings. The highest BCUT2D eigenvalue weighted by atomic mass is 16.5. The lowest BCUT2D eigenvalue weighted by Gasteiger charge is -2.57. The minimum absolute atomic E-state index is 0.104. The second-order valence-corrected chi connectivity index (χ2v) is 12.4. The molecule has 2 aliphatic heterocycles. The van der Waals surface area contributed by atoms with Crippen molar-refractivity contribution in [2.45, 2.75) is 90.9 Å². The van der Waals surface area contributed by atoms with Crippen molar-refractivity contribution in [1.29, 1.82) is 0 Å². The number of fused-ring (bicyclic) bond motifs is 7. The molecule has 0 bridgehead atoms. The van der Waals surface area contributed by atoms with Gasteiger partial charge in [-0.1, -0.05) is 45.9 Å². The van der Waals surface area contributed by atoms with E-state index < -0.39 is 0 Å². The van der Waals surface area contributed by atoms with Gasteiger partial charge < -0.3 is 10.1 Å². The van der Waals surface area contributed by atoms with Crippen LogP contribution in [0.2, 0.25) is 0 Å². The number of quaternary nitrogens is 1. The molecule has 160 valence electrons. The highest BCUT2D eigenvalue weighted by molar-refractivity contribution is 5.34. The Kier molecular flexibility index (Phi) is 4.10. The molecule has 2 nitrogen and oxygen atoms in total. The van der Waals surface area contributed by atoms with E-state index in [1.807, 2.05) is 0 Å². The molecule has 0 aromatic carbocycles. The van der Waals surface area contributed by atoms with Crippen LogP contribution in [0.1, 0.15) is 79.1 Å². The molecule has 0 amide bonds. The first-order valence-corrected chi connectivity index (χ1v) is 12.8. The minimum atomic E-state index is 0.104. The maximum absolute atomic E-state index is 7.06. The van der Waals surface area contributed by atoms with Crippen LogP contribution in [0.25, 0.3) is 0 Å². The summed E-state index contributed by atoms with van der Waals surface area (Å²) in [5, 5.41) is 2.61.